The van der Waals surface area contributed by atoms with E-state index in [1.165, 1.54) is 17.0 Å². The van der Waals surface area contributed by atoms with Crippen LogP contribution in [-0.2, 0) is 26.2 Å². The third-order valence-electron chi connectivity index (χ3n) is 6.14. The number of amides is 2. The second kappa shape index (κ2) is 12.8. The van der Waals surface area contributed by atoms with E-state index in [4.69, 9.17) is 34.8 Å². The Hall–Kier alpha value is -2.78. The summed E-state index contributed by atoms with van der Waals surface area (Å²) >= 11 is 18.8. The van der Waals surface area contributed by atoms with Crippen LogP contribution in [-0.4, -0.2) is 43.3 Å². The number of rotatable bonds is 9. The molecule has 0 aliphatic rings. The Kier molecular flexibility index (Phi) is 10.2. The van der Waals surface area contributed by atoms with Crippen molar-refractivity contribution in [3.8, 4) is 0 Å². The number of anilines is 1. The van der Waals surface area contributed by atoms with Gasteiger partial charge < -0.3 is 10.2 Å². The molecule has 40 heavy (non-hydrogen) atoms. The molecule has 2 amide bonds. The molecule has 7 nitrogen and oxygen atoms in total. The monoisotopic (exact) mass is 623 g/mol. The summed E-state index contributed by atoms with van der Waals surface area (Å²) in [5.74, 6) is -1.01. The van der Waals surface area contributed by atoms with Crippen LogP contribution >= 0.6 is 34.8 Å². The topological polar surface area (TPSA) is 86.8 Å². The largest absolute Gasteiger partial charge is 0.350 e. The molecule has 0 unspecified atom stereocenters. The van der Waals surface area contributed by atoms with E-state index in [9.17, 15) is 18.0 Å². The van der Waals surface area contributed by atoms with Crippen molar-refractivity contribution in [2.24, 2.45) is 0 Å². The molecule has 0 saturated carbocycles. The quantitative estimate of drug-likeness (QED) is 0.295. The lowest BCUT2D eigenvalue weighted by Crippen LogP contribution is -2.54. The zero-order chi connectivity index (χ0) is 29.8. The summed E-state index contributed by atoms with van der Waals surface area (Å²) in [6.07, 6.45) is 0. The lowest BCUT2D eigenvalue weighted by Gasteiger charge is -2.34. The van der Waals surface area contributed by atoms with Crippen molar-refractivity contribution in [1.82, 2.24) is 10.2 Å². The van der Waals surface area contributed by atoms with Gasteiger partial charge in [0.1, 0.15) is 12.6 Å². The van der Waals surface area contributed by atoms with Crippen molar-refractivity contribution in [2.75, 3.05) is 10.8 Å². The van der Waals surface area contributed by atoms with Crippen LogP contribution in [0.25, 0.3) is 0 Å². The minimum absolute atomic E-state index is 0.00740. The van der Waals surface area contributed by atoms with Gasteiger partial charge in [-0.3, -0.25) is 13.9 Å². The Morgan fingerprint density at radius 1 is 0.925 bits per heavy atom. The van der Waals surface area contributed by atoms with Gasteiger partial charge in [-0.15, -0.1) is 0 Å². The summed E-state index contributed by atoms with van der Waals surface area (Å²) in [7, 11) is -4.20. The third kappa shape index (κ3) is 7.69. The molecule has 0 radical (unpaired) electrons. The van der Waals surface area contributed by atoms with Gasteiger partial charge >= 0.3 is 0 Å². The average molecular weight is 625 g/mol. The highest BCUT2D eigenvalue weighted by Crippen LogP contribution is 2.31. The highest BCUT2D eigenvalue weighted by atomic mass is 35.5. The minimum Gasteiger partial charge on any atom is -0.350 e. The number of hydrogen-bond donors (Lipinski definition) is 1. The number of nitrogens with zero attached hydrogens (tertiary/aromatic N) is 2. The second-order valence-corrected chi connectivity index (χ2v) is 13.5. The Labute approximate surface area is 251 Å². The highest BCUT2D eigenvalue weighted by molar-refractivity contribution is 7.92. The SMILES string of the molecule is Cc1c(Cl)cccc1N(CC(=O)N(Cc1ccc(Cl)cc1Cl)[C@@H](C)C(=O)NC(C)(C)C)S(=O)(=O)c1ccccc1. The van der Waals surface area contributed by atoms with Crippen molar-refractivity contribution in [1.29, 1.82) is 0 Å². The molecule has 0 aliphatic heterocycles. The van der Waals surface area contributed by atoms with E-state index < -0.39 is 40.0 Å². The first-order valence-corrected chi connectivity index (χ1v) is 15.1. The van der Waals surface area contributed by atoms with Gasteiger partial charge in [-0.1, -0.05) is 65.1 Å². The lowest BCUT2D eigenvalue weighted by molar-refractivity contribution is -0.140. The molecular formula is C29H32Cl3N3O4S. The van der Waals surface area contributed by atoms with E-state index in [1.807, 2.05) is 20.8 Å². The Morgan fingerprint density at radius 3 is 2.17 bits per heavy atom. The van der Waals surface area contributed by atoms with Crippen LogP contribution < -0.4 is 9.62 Å². The predicted molar refractivity (Wildman–Crippen MR) is 162 cm³/mol. The molecule has 0 aliphatic carbocycles. The van der Waals surface area contributed by atoms with Gasteiger partial charge in [-0.25, -0.2) is 8.42 Å². The molecule has 1 atom stereocenters. The van der Waals surface area contributed by atoms with E-state index in [-0.39, 0.29) is 17.1 Å². The van der Waals surface area contributed by atoms with Crippen molar-refractivity contribution in [3.63, 3.8) is 0 Å². The number of halogens is 3. The molecular weight excluding hydrogens is 593 g/mol. The predicted octanol–water partition coefficient (Wildman–Crippen LogP) is 6.48. The normalized spacial score (nSPS) is 12.5. The maximum absolute atomic E-state index is 14.0. The molecule has 1 N–H and O–H groups in total. The van der Waals surface area contributed by atoms with Gasteiger partial charge in [0.2, 0.25) is 11.8 Å². The molecule has 0 saturated heterocycles. The van der Waals surface area contributed by atoms with Gasteiger partial charge in [-0.2, -0.15) is 0 Å². The van der Waals surface area contributed by atoms with E-state index in [2.05, 4.69) is 5.32 Å². The van der Waals surface area contributed by atoms with Crippen LogP contribution in [0.5, 0.6) is 0 Å². The van der Waals surface area contributed by atoms with Crippen LogP contribution in [0.2, 0.25) is 15.1 Å². The summed E-state index contributed by atoms with van der Waals surface area (Å²) in [4.78, 5) is 28.5. The number of carbonyl (C=O) groups excluding carboxylic acids is 2. The van der Waals surface area contributed by atoms with Crippen LogP contribution in [0.1, 0.15) is 38.8 Å². The van der Waals surface area contributed by atoms with Crippen LogP contribution in [0.3, 0.4) is 0 Å². The van der Waals surface area contributed by atoms with E-state index in [1.54, 1.807) is 68.4 Å². The fourth-order valence-corrected chi connectivity index (χ4v) is 6.12. The van der Waals surface area contributed by atoms with Gasteiger partial charge in [0.15, 0.2) is 0 Å². The summed E-state index contributed by atoms with van der Waals surface area (Å²) in [5, 5.41) is 3.96. The Morgan fingerprint density at radius 2 is 1.57 bits per heavy atom. The summed E-state index contributed by atoms with van der Waals surface area (Å²) in [6.45, 7) is 8.11. The second-order valence-electron chi connectivity index (χ2n) is 10.4. The van der Waals surface area contributed by atoms with Crippen LogP contribution in [0, 0.1) is 6.92 Å². The molecule has 0 fully saturated rings. The van der Waals surface area contributed by atoms with Crippen molar-refractivity contribution in [2.45, 2.75) is 57.6 Å². The molecule has 0 spiro atoms. The van der Waals surface area contributed by atoms with Crippen molar-refractivity contribution < 1.29 is 18.0 Å². The number of hydrogen-bond acceptors (Lipinski definition) is 4. The first kappa shape index (κ1) is 31.7. The molecule has 11 heteroatoms. The zero-order valence-electron chi connectivity index (χ0n) is 22.9. The molecule has 3 aromatic rings. The molecule has 0 aromatic heterocycles. The Bertz CT molecular complexity index is 1490. The molecule has 214 valence electrons. The number of nitrogens with one attached hydrogen (secondary N) is 1. The zero-order valence-corrected chi connectivity index (χ0v) is 26.0. The van der Waals surface area contributed by atoms with Gasteiger partial charge in [0, 0.05) is 27.2 Å². The number of sulfonamides is 1. The molecule has 3 rings (SSSR count). The Balaban J connectivity index is 2.09. The molecule has 0 heterocycles. The number of carbonyl (C=O) groups is 2. The van der Waals surface area contributed by atoms with E-state index in [0.29, 0.717) is 26.2 Å². The van der Waals surface area contributed by atoms with Crippen LogP contribution in [0.4, 0.5) is 5.69 Å². The van der Waals surface area contributed by atoms with Gasteiger partial charge in [0.05, 0.1) is 10.6 Å². The lowest BCUT2D eigenvalue weighted by atomic mass is 10.1. The number of benzene rings is 3. The summed E-state index contributed by atoms with van der Waals surface area (Å²) < 4.78 is 28.8. The first-order chi connectivity index (χ1) is 18.6. The molecule has 3 aromatic carbocycles. The average Bonchev–Trinajstić information content (AvgIpc) is 2.87. The standard InChI is InChI=1S/C29H32Cl3N3O4S/c1-19-24(31)12-9-13-26(19)35(40(38,39)23-10-7-6-8-11-23)18-27(36)34(20(2)28(37)33-29(3,4)5)17-21-14-15-22(30)16-25(21)32/h6-16,20H,17-18H2,1-5H3,(H,33,37)/t20-/m0/s1. The van der Waals surface area contributed by atoms with Gasteiger partial charge in [0.25, 0.3) is 10.0 Å². The maximum atomic E-state index is 14.0. The maximum Gasteiger partial charge on any atom is 0.264 e. The fraction of sp³-hybridized carbons (Fsp3) is 0.310. The van der Waals surface area contributed by atoms with E-state index in [0.717, 1.165) is 4.31 Å². The fourth-order valence-electron chi connectivity index (χ4n) is 3.99. The smallest absolute Gasteiger partial charge is 0.264 e. The van der Waals surface area contributed by atoms with E-state index >= 15 is 0 Å². The summed E-state index contributed by atoms with van der Waals surface area (Å²) in [6, 6.07) is 16.5. The van der Waals surface area contributed by atoms with Crippen molar-refractivity contribution in [3.05, 3.63) is 92.9 Å². The van der Waals surface area contributed by atoms with Gasteiger partial charge in [-0.05, 0) is 82.1 Å². The minimum atomic E-state index is -4.20. The highest BCUT2D eigenvalue weighted by Gasteiger charge is 2.34. The summed E-state index contributed by atoms with van der Waals surface area (Å²) in [5.41, 5.74) is 0.730. The molecule has 0 bridgehead atoms. The van der Waals surface area contributed by atoms with Crippen molar-refractivity contribution >= 4 is 62.3 Å². The third-order valence-corrected chi connectivity index (χ3v) is 8.91. The first-order valence-electron chi connectivity index (χ1n) is 12.5. The van der Waals surface area contributed by atoms with Crippen LogP contribution in [0.15, 0.2) is 71.6 Å².